The number of carbonyl (C=O) groups excluding carboxylic acids is 1. The lowest BCUT2D eigenvalue weighted by molar-refractivity contribution is 0.141. The molecule has 1 aliphatic carbocycles. The van der Waals surface area contributed by atoms with Crippen LogP contribution in [0.25, 0.3) is 0 Å². The van der Waals surface area contributed by atoms with Gasteiger partial charge in [-0.25, -0.2) is 4.79 Å². The molecule has 112 valence electrons. The summed E-state index contributed by atoms with van der Waals surface area (Å²) in [4.78, 5) is 13.0. The van der Waals surface area contributed by atoms with Crippen LogP contribution in [0.1, 0.15) is 44.9 Å². The number of ether oxygens (including phenoxy) is 1. The Morgan fingerprint density at radius 1 is 1.16 bits per heavy atom. The number of nitrogens with two attached hydrogens (primary N) is 2. The molecule has 0 aromatic carbocycles. The minimum absolute atomic E-state index is 0.416. The number of primary amides is 1. The zero-order valence-electron chi connectivity index (χ0n) is 12.0. The van der Waals surface area contributed by atoms with Gasteiger partial charge in [-0.1, -0.05) is 19.3 Å². The van der Waals surface area contributed by atoms with Crippen molar-refractivity contribution in [2.24, 2.45) is 17.4 Å². The molecule has 1 aliphatic rings. The molecule has 1 fully saturated rings. The van der Waals surface area contributed by atoms with E-state index in [2.05, 4.69) is 4.90 Å². The van der Waals surface area contributed by atoms with Crippen LogP contribution in [0.4, 0.5) is 4.79 Å². The van der Waals surface area contributed by atoms with Gasteiger partial charge in [0.2, 0.25) is 0 Å². The standard InChI is InChI=1S/C14H29N3O2/c15-8-4-9-17(10-5-11-19-14(16)18)12-13-6-2-1-3-7-13/h13H,1-12,15H2,(H2,16,18). The number of hydrogen-bond acceptors (Lipinski definition) is 4. The Hall–Kier alpha value is -0.810. The van der Waals surface area contributed by atoms with Gasteiger partial charge in [0.25, 0.3) is 0 Å². The van der Waals surface area contributed by atoms with Crippen LogP contribution < -0.4 is 11.5 Å². The highest BCUT2D eigenvalue weighted by molar-refractivity contribution is 5.64. The summed E-state index contributed by atoms with van der Waals surface area (Å²) in [7, 11) is 0. The van der Waals surface area contributed by atoms with E-state index in [1.807, 2.05) is 0 Å². The van der Waals surface area contributed by atoms with Gasteiger partial charge >= 0.3 is 6.09 Å². The maximum Gasteiger partial charge on any atom is 0.404 e. The van der Waals surface area contributed by atoms with E-state index in [1.54, 1.807) is 0 Å². The molecular weight excluding hydrogens is 242 g/mol. The lowest BCUT2D eigenvalue weighted by Gasteiger charge is -2.29. The van der Waals surface area contributed by atoms with Gasteiger partial charge < -0.3 is 21.1 Å². The van der Waals surface area contributed by atoms with Crippen LogP contribution in [0.15, 0.2) is 0 Å². The van der Waals surface area contributed by atoms with E-state index in [9.17, 15) is 4.79 Å². The molecule has 0 aliphatic heterocycles. The molecule has 0 radical (unpaired) electrons. The van der Waals surface area contributed by atoms with Crippen molar-refractivity contribution in [1.29, 1.82) is 0 Å². The molecule has 0 aromatic heterocycles. The molecule has 1 rings (SSSR count). The Balaban J connectivity index is 2.22. The van der Waals surface area contributed by atoms with Gasteiger partial charge in [0.15, 0.2) is 0 Å². The van der Waals surface area contributed by atoms with Crippen LogP contribution in [0.3, 0.4) is 0 Å². The van der Waals surface area contributed by atoms with Crippen molar-refractivity contribution in [3.63, 3.8) is 0 Å². The Morgan fingerprint density at radius 3 is 2.47 bits per heavy atom. The van der Waals surface area contributed by atoms with Crippen molar-refractivity contribution in [2.75, 3.05) is 32.8 Å². The van der Waals surface area contributed by atoms with Crippen molar-refractivity contribution in [3.05, 3.63) is 0 Å². The molecule has 1 amide bonds. The minimum atomic E-state index is -0.680. The Labute approximate surface area is 116 Å². The summed E-state index contributed by atoms with van der Waals surface area (Å²) in [6.45, 7) is 4.32. The first-order valence-electron chi connectivity index (χ1n) is 7.57. The smallest absolute Gasteiger partial charge is 0.404 e. The second kappa shape index (κ2) is 10.0. The van der Waals surface area contributed by atoms with Gasteiger partial charge in [0.1, 0.15) is 0 Å². The molecule has 4 N–H and O–H groups in total. The average Bonchev–Trinajstić information content (AvgIpc) is 2.41. The Bertz CT molecular complexity index is 243. The molecule has 1 saturated carbocycles. The maximum absolute atomic E-state index is 10.5. The topological polar surface area (TPSA) is 81.6 Å². The zero-order valence-corrected chi connectivity index (χ0v) is 12.0. The normalized spacial score (nSPS) is 16.7. The van der Waals surface area contributed by atoms with Gasteiger partial charge in [-0.15, -0.1) is 0 Å². The van der Waals surface area contributed by atoms with Crippen LogP contribution in [0.2, 0.25) is 0 Å². The Kier molecular flexibility index (Phi) is 8.58. The predicted octanol–water partition coefficient (Wildman–Crippen LogP) is 1.70. The van der Waals surface area contributed by atoms with Crippen LogP contribution in [0, 0.1) is 5.92 Å². The molecule has 5 nitrogen and oxygen atoms in total. The molecule has 0 unspecified atom stereocenters. The number of amides is 1. The molecular formula is C14H29N3O2. The molecule has 0 spiro atoms. The molecule has 5 heteroatoms. The summed E-state index contributed by atoms with van der Waals surface area (Å²) < 4.78 is 4.77. The van der Waals surface area contributed by atoms with Gasteiger partial charge in [-0.3, -0.25) is 0 Å². The molecule has 0 aromatic rings. The quantitative estimate of drug-likeness (QED) is 0.625. The van der Waals surface area contributed by atoms with Gasteiger partial charge in [-0.05, 0) is 44.7 Å². The van der Waals surface area contributed by atoms with Gasteiger partial charge in [0.05, 0.1) is 6.61 Å². The van der Waals surface area contributed by atoms with Crippen molar-refractivity contribution in [1.82, 2.24) is 4.90 Å². The van der Waals surface area contributed by atoms with Gasteiger partial charge in [0, 0.05) is 13.1 Å². The lowest BCUT2D eigenvalue weighted by Crippen LogP contribution is -2.34. The monoisotopic (exact) mass is 271 g/mol. The fourth-order valence-electron chi connectivity index (χ4n) is 2.81. The summed E-state index contributed by atoms with van der Waals surface area (Å²) in [6.07, 6.45) is 8.06. The summed E-state index contributed by atoms with van der Waals surface area (Å²) in [5.41, 5.74) is 10.5. The van der Waals surface area contributed by atoms with E-state index in [0.29, 0.717) is 6.61 Å². The second-order valence-electron chi connectivity index (χ2n) is 5.47. The second-order valence-corrected chi connectivity index (χ2v) is 5.47. The van der Waals surface area contributed by atoms with Crippen LogP contribution >= 0.6 is 0 Å². The predicted molar refractivity (Wildman–Crippen MR) is 76.8 cm³/mol. The molecule has 19 heavy (non-hydrogen) atoms. The first kappa shape index (κ1) is 16.2. The fourth-order valence-corrected chi connectivity index (χ4v) is 2.81. The summed E-state index contributed by atoms with van der Waals surface area (Å²) >= 11 is 0. The van der Waals surface area contributed by atoms with Gasteiger partial charge in [-0.2, -0.15) is 0 Å². The Morgan fingerprint density at radius 2 is 1.84 bits per heavy atom. The largest absolute Gasteiger partial charge is 0.450 e. The SMILES string of the molecule is NCCCN(CCCOC(N)=O)CC1CCCCC1. The van der Waals surface area contributed by atoms with E-state index in [-0.39, 0.29) is 0 Å². The zero-order chi connectivity index (χ0) is 13.9. The average molecular weight is 271 g/mol. The van der Waals surface area contributed by atoms with Crippen molar-refractivity contribution < 1.29 is 9.53 Å². The van der Waals surface area contributed by atoms with E-state index in [1.165, 1.54) is 32.1 Å². The third-order valence-electron chi connectivity index (χ3n) is 3.78. The van der Waals surface area contributed by atoms with Crippen molar-refractivity contribution in [3.8, 4) is 0 Å². The lowest BCUT2D eigenvalue weighted by atomic mass is 9.89. The highest BCUT2D eigenvalue weighted by Gasteiger charge is 2.16. The number of nitrogens with zero attached hydrogens (tertiary/aromatic N) is 1. The van der Waals surface area contributed by atoms with E-state index in [0.717, 1.165) is 44.9 Å². The number of carbonyl (C=O) groups is 1. The van der Waals surface area contributed by atoms with E-state index >= 15 is 0 Å². The molecule has 0 heterocycles. The first-order valence-corrected chi connectivity index (χ1v) is 7.57. The molecule has 0 saturated heterocycles. The van der Waals surface area contributed by atoms with E-state index in [4.69, 9.17) is 16.2 Å². The summed E-state index contributed by atoms with van der Waals surface area (Å²) in [5.74, 6) is 0.837. The number of rotatable bonds is 9. The maximum atomic E-state index is 10.5. The summed E-state index contributed by atoms with van der Waals surface area (Å²) in [5, 5.41) is 0. The molecule has 0 atom stereocenters. The molecule has 0 bridgehead atoms. The fraction of sp³-hybridized carbons (Fsp3) is 0.929. The van der Waals surface area contributed by atoms with Crippen LogP contribution in [-0.2, 0) is 4.74 Å². The first-order chi connectivity index (χ1) is 9.22. The van der Waals surface area contributed by atoms with E-state index < -0.39 is 6.09 Å². The van der Waals surface area contributed by atoms with Crippen LogP contribution in [-0.4, -0.2) is 43.8 Å². The van der Waals surface area contributed by atoms with Crippen LogP contribution in [0.5, 0.6) is 0 Å². The third kappa shape index (κ3) is 8.06. The number of hydrogen-bond donors (Lipinski definition) is 2. The summed E-state index contributed by atoms with van der Waals surface area (Å²) in [6, 6.07) is 0. The highest BCUT2D eigenvalue weighted by Crippen LogP contribution is 2.24. The minimum Gasteiger partial charge on any atom is -0.450 e. The third-order valence-corrected chi connectivity index (χ3v) is 3.78. The van der Waals surface area contributed by atoms with Crippen molar-refractivity contribution in [2.45, 2.75) is 44.9 Å². The highest BCUT2D eigenvalue weighted by atomic mass is 16.5. The van der Waals surface area contributed by atoms with Crippen molar-refractivity contribution >= 4 is 6.09 Å².